The molecule has 0 heterocycles. The van der Waals surface area contributed by atoms with Crippen molar-refractivity contribution in [2.24, 2.45) is 0 Å². The molecule has 2 aromatic carbocycles. The average molecular weight is 634 g/mol. The van der Waals surface area contributed by atoms with Crippen LogP contribution in [0.4, 0.5) is 0 Å². The summed E-state index contributed by atoms with van der Waals surface area (Å²) in [5.74, 6) is -1.91. The lowest BCUT2D eigenvalue weighted by atomic mass is 10.0. The van der Waals surface area contributed by atoms with Crippen LogP contribution in [-0.4, -0.2) is 48.4 Å². The molecule has 216 valence electrons. The Kier molecular flexibility index (Phi) is 14.2. The monoisotopic (exact) mass is 632 g/mol. The van der Waals surface area contributed by atoms with Gasteiger partial charge in [-0.05, 0) is 55.2 Å². The van der Waals surface area contributed by atoms with E-state index in [0.29, 0.717) is 24.0 Å². The Hall–Kier alpha value is -3.04. The number of aliphatic carboxylic acids is 1. The van der Waals surface area contributed by atoms with E-state index in [0.717, 1.165) is 0 Å². The summed E-state index contributed by atoms with van der Waals surface area (Å²) in [6, 6.07) is 5.84. The van der Waals surface area contributed by atoms with E-state index in [1.165, 1.54) is 38.3 Å². The first-order chi connectivity index (χ1) is 18.7. The number of halogens is 4. The molecule has 2 aromatic rings. The molecule has 0 saturated carbocycles. The Labute approximate surface area is 252 Å². The van der Waals surface area contributed by atoms with E-state index < -0.39 is 18.0 Å². The van der Waals surface area contributed by atoms with Crippen LogP contribution in [-0.2, 0) is 14.3 Å². The highest BCUT2D eigenvalue weighted by Crippen LogP contribution is 2.37. The lowest BCUT2D eigenvalue weighted by Crippen LogP contribution is -2.23. The van der Waals surface area contributed by atoms with Crippen LogP contribution in [0.3, 0.4) is 0 Å². The average Bonchev–Trinajstić information content (AvgIpc) is 2.94. The number of carboxylic acid groups (broad SMARTS) is 1. The van der Waals surface area contributed by atoms with Gasteiger partial charge >= 0.3 is 11.9 Å². The highest BCUT2D eigenvalue weighted by molar-refractivity contribution is 6.46. The standard InChI is InChI=1S/2C14H14Cl2O4/c1-4-8(2)14(18)9-5-6-10(13(16)12(9)15)20-7-11(17)19-3;1-4-7(2)13(17)9-5-6-10(12(16)11(9)15)20-8(3)14(18)19/h5-6H,2,4,7H2,1,3H3;5-6,8H,2,4H2,1,3H3,(H,18,19). The summed E-state index contributed by atoms with van der Waals surface area (Å²) in [7, 11) is 1.25. The van der Waals surface area contributed by atoms with Crippen molar-refractivity contribution in [1.29, 1.82) is 0 Å². The number of ether oxygens (including phenoxy) is 3. The van der Waals surface area contributed by atoms with Gasteiger partial charge in [0.05, 0.1) is 17.2 Å². The first-order valence-electron chi connectivity index (χ1n) is 11.7. The molecule has 0 aliphatic heterocycles. The molecule has 0 aliphatic rings. The second kappa shape index (κ2) is 16.3. The van der Waals surface area contributed by atoms with Crippen LogP contribution in [0.2, 0.25) is 20.1 Å². The van der Waals surface area contributed by atoms with Gasteiger partial charge in [0.15, 0.2) is 24.3 Å². The molecule has 0 bridgehead atoms. The summed E-state index contributed by atoms with van der Waals surface area (Å²) >= 11 is 24.1. The van der Waals surface area contributed by atoms with Crippen LogP contribution < -0.4 is 9.47 Å². The van der Waals surface area contributed by atoms with E-state index in [9.17, 15) is 19.2 Å². The van der Waals surface area contributed by atoms with E-state index in [1.807, 2.05) is 13.8 Å². The van der Waals surface area contributed by atoms with Crippen molar-refractivity contribution in [3.05, 3.63) is 79.8 Å². The quantitative estimate of drug-likeness (QED) is 0.144. The Balaban J connectivity index is 0.000000400. The summed E-state index contributed by atoms with van der Waals surface area (Å²) in [5.41, 5.74) is 1.33. The van der Waals surface area contributed by atoms with Crippen LogP contribution in [0.1, 0.15) is 54.3 Å². The van der Waals surface area contributed by atoms with Crippen LogP contribution in [0.15, 0.2) is 48.6 Å². The summed E-state index contributed by atoms with van der Waals surface area (Å²) in [6.45, 7) is 12.0. The number of ketones is 2. The SMILES string of the molecule is C=C(CC)C(=O)c1ccc(OC(C)C(=O)O)c(Cl)c1Cl.C=C(CC)C(=O)c1ccc(OCC(=O)OC)c(Cl)c1Cl. The van der Waals surface area contributed by atoms with Crippen LogP contribution in [0.25, 0.3) is 0 Å². The molecule has 0 radical (unpaired) electrons. The van der Waals surface area contributed by atoms with Gasteiger partial charge in [-0.15, -0.1) is 0 Å². The van der Waals surface area contributed by atoms with Crippen LogP contribution in [0, 0.1) is 0 Å². The molecule has 1 unspecified atom stereocenters. The Morgan fingerprint density at radius 2 is 1.23 bits per heavy atom. The molecule has 0 fully saturated rings. The van der Waals surface area contributed by atoms with Gasteiger partial charge in [0.25, 0.3) is 0 Å². The topological polar surface area (TPSA) is 116 Å². The third-order valence-corrected chi connectivity index (χ3v) is 7.03. The fourth-order valence-corrected chi connectivity index (χ4v) is 3.67. The fourth-order valence-electron chi connectivity index (χ4n) is 2.76. The molecular formula is C28H28Cl4O8. The van der Waals surface area contributed by atoms with Crippen LogP contribution >= 0.6 is 46.4 Å². The molecule has 2 rings (SSSR count). The number of Topliss-reactive ketones (excluding diaryl/α,β-unsaturated/α-hetero) is 2. The number of carbonyl (C=O) groups is 4. The predicted octanol–water partition coefficient (Wildman–Crippen LogP) is 7.69. The van der Waals surface area contributed by atoms with E-state index >= 15 is 0 Å². The summed E-state index contributed by atoms with van der Waals surface area (Å²) in [4.78, 5) is 45.8. The van der Waals surface area contributed by atoms with Crippen molar-refractivity contribution >= 4 is 69.9 Å². The van der Waals surface area contributed by atoms with Crippen molar-refractivity contribution < 1.29 is 38.5 Å². The number of carbonyl (C=O) groups excluding carboxylic acids is 3. The lowest BCUT2D eigenvalue weighted by molar-refractivity contribution is -0.144. The van der Waals surface area contributed by atoms with Crippen molar-refractivity contribution in [2.75, 3.05) is 13.7 Å². The molecule has 0 saturated heterocycles. The minimum absolute atomic E-state index is 0.00881. The second-order valence-electron chi connectivity index (χ2n) is 8.01. The molecule has 1 atom stereocenters. The smallest absolute Gasteiger partial charge is 0.344 e. The minimum atomic E-state index is -1.13. The predicted molar refractivity (Wildman–Crippen MR) is 156 cm³/mol. The maximum Gasteiger partial charge on any atom is 0.344 e. The fraction of sp³-hybridized carbons (Fsp3) is 0.286. The summed E-state index contributed by atoms with van der Waals surface area (Å²) in [6.07, 6.45) is -0.0511. The molecule has 0 aromatic heterocycles. The van der Waals surface area contributed by atoms with E-state index in [2.05, 4.69) is 17.9 Å². The van der Waals surface area contributed by atoms with Gasteiger partial charge in [-0.3, -0.25) is 9.59 Å². The molecule has 0 spiro atoms. The van der Waals surface area contributed by atoms with Crippen molar-refractivity contribution in [1.82, 2.24) is 0 Å². The highest BCUT2D eigenvalue weighted by Gasteiger charge is 2.21. The third-order valence-electron chi connectivity index (χ3n) is 5.30. The van der Waals surface area contributed by atoms with E-state index in [4.69, 9.17) is 61.0 Å². The maximum atomic E-state index is 12.0. The zero-order chi connectivity index (χ0) is 30.7. The molecule has 8 nitrogen and oxygen atoms in total. The zero-order valence-electron chi connectivity index (χ0n) is 22.2. The molecule has 40 heavy (non-hydrogen) atoms. The molecule has 12 heteroatoms. The van der Waals surface area contributed by atoms with Gasteiger partial charge < -0.3 is 19.3 Å². The normalized spacial score (nSPS) is 10.9. The zero-order valence-corrected chi connectivity index (χ0v) is 25.3. The first-order valence-corrected chi connectivity index (χ1v) is 13.2. The first kappa shape index (κ1) is 35.0. The number of benzene rings is 2. The number of hydrogen-bond acceptors (Lipinski definition) is 7. The van der Waals surface area contributed by atoms with Gasteiger partial charge in [-0.1, -0.05) is 73.4 Å². The molecular weight excluding hydrogens is 606 g/mol. The van der Waals surface area contributed by atoms with E-state index in [-0.39, 0.29) is 60.9 Å². The lowest BCUT2D eigenvalue weighted by Gasteiger charge is -2.14. The Morgan fingerprint density at radius 1 is 0.800 bits per heavy atom. The number of rotatable bonds is 12. The number of hydrogen-bond donors (Lipinski definition) is 1. The highest BCUT2D eigenvalue weighted by atomic mass is 35.5. The third kappa shape index (κ3) is 9.27. The van der Waals surface area contributed by atoms with E-state index in [1.54, 1.807) is 0 Å². The largest absolute Gasteiger partial charge is 0.480 e. The number of allylic oxidation sites excluding steroid dienone is 2. The van der Waals surface area contributed by atoms with Gasteiger partial charge in [-0.2, -0.15) is 0 Å². The molecule has 1 N–H and O–H groups in total. The maximum absolute atomic E-state index is 12.0. The number of methoxy groups -OCH3 is 1. The summed E-state index contributed by atoms with van der Waals surface area (Å²) in [5, 5.41) is 8.97. The number of esters is 1. The second-order valence-corrected chi connectivity index (χ2v) is 9.53. The van der Waals surface area contributed by atoms with Gasteiger partial charge in [0.1, 0.15) is 21.5 Å². The molecule has 0 aliphatic carbocycles. The molecule has 0 amide bonds. The number of carboxylic acids is 1. The Bertz CT molecular complexity index is 1320. The van der Waals surface area contributed by atoms with Gasteiger partial charge in [0.2, 0.25) is 0 Å². The minimum Gasteiger partial charge on any atom is -0.480 e. The summed E-state index contributed by atoms with van der Waals surface area (Å²) < 4.78 is 14.8. The van der Waals surface area contributed by atoms with Gasteiger partial charge in [0, 0.05) is 11.1 Å². The van der Waals surface area contributed by atoms with Crippen molar-refractivity contribution in [2.45, 2.75) is 39.7 Å². The van der Waals surface area contributed by atoms with Gasteiger partial charge in [-0.25, -0.2) is 9.59 Å². The van der Waals surface area contributed by atoms with Crippen LogP contribution in [0.5, 0.6) is 11.5 Å². The van der Waals surface area contributed by atoms with Crippen molar-refractivity contribution in [3.63, 3.8) is 0 Å². The Morgan fingerprint density at radius 3 is 1.62 bits per heavy atom. The van der Waals surface area contributed by atoms with Crippen molar-refractivity contribution in [3.8, 4) is 11.5 Å².